The molecule has 1 rings (SSSR count). The molecule has 0 aliphatic heterocycles. The number of halogens is 2. The summed E-state index contributed by atoms with van der Waals surface area (Å²) in [4.78, 5) is -0.600. The van der Waals surface area contributed by atoms with Gasteiger partial charge in [0.15, 0.2) is 5.82 Å². The normalized spacial score (nSPS) is 13.6. The summed E-state index contributed by atoms with van der Waals surface area (Å²) < 4.78 is 39.7. The molecule has 0 bridgehead atoms. The van der Waals surface area contributed by atoms with Crippen LogP contribution in [0, 0.1) is 5.82 Å². The summed E-state index contributed by atoms with van der Waals surface area (Å²) in [5.74, 6) is -1.05. The minimum Gasteiger partial charge on any atom is -0.399 e. The van der Waals surface area contributed by atoms with Crippen LogP contribution in [0.3, 0.4) is 0 Å². The highest BCUT2D eigenvalue weighted by Gasteiger charge is 2.23. The third-order valence-electron chi connectivity index (χ3n) is 2.23. The van der Waals surface area contributed by atoms with E-state index < -0.39 is 26.8 Å². The van der Waals surface area contributed by atoms with Crippen molar-refractivity contribution in [3.8, 4) is 0 Å². The zero-order valence-corrected chi connectivity index (χ0v) is 11.2. The average Bonchev–Trinajstić information content (AvgIpc) is 2.22. The molecule has 0 fully saturated rings. The van der Waals surface area contributed by atoms with Gasteiger partial charge in [-0.15, -0.1) is 0 Å². The number of rotatable bonds is 5. The van der Waals surface area contributed by atoms with Crippen LogP contribution in [0.25, 0.3) is 0 Å². The Labute approximate surface area is 110 Å². The number of anilines is 1. The maximum Gasteiger partial charge on any atom is 0.243 e. The predicted octanol–water partition coefficient (Wildman–Crippen LogP) is 1.11. The van der Waals surface area contributed by atoms with Gasteiger partial charge >= 0.3 is 0 Å². The predicted molar refractivity (Wildman–Crippen MR) is 67.3 cm³/mol. The Morgan fingerprint density at radius 1 is 1.56 bits per heavy atom. The van der Waals surface area contributed by atoms with Gasteiger partial charge in [0.25, 0.3) is 0 Å². The maximum absolute atomic E-state index is 13.7. The summed E-state index contributed by atoms with van der Waals surface area (Å²) in [5.41, 5.74) is 5.48. The summed E-state index contributed by atoms with van der Waals surface area (Å²) in [6.45, 7) is 1.38. The van der Waals surface area contributed by atoms with Crippen molar-refractivity contribution in [1.29, 1.82) is 0 Å². The Kier molecular flexibility index (Phi) is 4.92. The third kappa shape index (κ3) is 3.55. The van der Waals surface area contributed by atoms with Crippen LogP contribution in [-0.2, 0) is 10.0 Å². The van der Waals surface area contributed by atoms with Crippen LogP contribution in [-0.4, -0.2) is 26.2 Å². The summed E-state index contributed by atoms with van der Waals surface area (Å²) in [6.07, 6.45) is 0.219. The summed E-state index contributed by atoms with van der Waals surface area (Å²) in [7, 11) is -4.06. The van der Waals surface area contributed by atoms with Gasteiger partial charge in [0, 0.05) is 18.3 Å². The molecule has 0 saturated carbocycles. The summed E-state index contributed by atoms with van der Waals surface area (Å²) in [6, 6.07) is 1.60. The smallest absolute Gasteiger partial charge is 0.243 e. The van der Waals surface area contributed by atoms with Gasteiger partial charge in [0.2, 0.25) is 10.0 Å². The highest BCUT2D eigenvalue weighted by atomic mass is 35.5. The molecular formula is C10H14ClFN2O3S. The van der Waals surface area contributed by atoms with E-state index in [0.29, 0.717) is 0 Å². The Morgan fingerprint density at radius 2 is 2.17 bits per heavy atom. The third-order valence-corrected chi connectivity index (χ3v) is 4.09. The number of nitrogen functional groups attached to an aromatic ring is 1. The van der Waals surface area contributed by atoms with E-state index in [1.807, 2.05) is 0 Å². The fourth-order valence-electron chi connectivity index (χ4n) is 1.36. The van der Waals surface area contributed by atoms with Crippen molar-refractivity contribution in [2.75, 3.05) is 12.3 Å². The molecule has 8 heteroatoms. The molecule has 102 valence electrons. The van der Waals surface area contributed by atoms with Crippen molar-refractivity contribution in [2.24, 2.45) is 0 Å². The van der Waals surface area contributed by atoms with E-state index in [2.05, 4.69) is 4.72 Å². The lowest BCUT2D eigenvalue weighted by Crippen LogP contribution is -2.33. The first-order valence-electron chi connectivity index (χ1n) is 5.15. The molecule has 0 amide bonds. The number of nitrogens with two attached hydrogens (primary N) is 1. The van der Waals surface area contributed by atoms with Gasteiger partial charge in [0.05, 0.1) is 5.02 Å². The van der Waals surface area contributed by atoms with Crippen molar-refractivity contribution in [3.63, 3.8) is 0 Å². The van der Waals surface area contributed by atoms with E-state index in [1.54, 1.807) is 6.92 Å². The molecule has 1 aromatic carbocycles. The van der Waals surface area contributed by atoms with E-state index in [1.165, 1.54) is 0 Å². The second kappa shape index (κ2) is 5.83. The highest BCUT2D eigenvalue weighted by Crippen LogP contribution is 2.25. The van der Waals surface area contributed by atoms with Crippen molar-refractivity contribution < 1.29 is 17.9 Å². The van der Waals surface area contributed by atoms with E-state index in [9.17, 15) is 12.8 Å². The molecule has 0 aromatic heterocycles. The quantitative estimate of drug-likeness (QED) is 0.710. The minimum atomic E-state index is -4.06. The number of sulfonamides is 1. The largest absolute Gasteiger partial charge is 0.399 e. The number of aliphatic hydroxyl groups excluding tert-OH is 1. The SMILES string of the molecule is CC(CCO)NS(=O)(=O)c1cc(N)cc(Cl)c1F. The molecule has 1 unspecified atom stereocenters. The fraction of sp³-hybridized carbons (Fsp3) is 0.400. The van der Waals surface area contributed by atoms with Crippen LogP contribution in [0.4, 0.5) is 10.1 Å². The zero-order chi connectivity index (χ0) is 13.9. The van der Waals surface area contributed by atoms with Crippen molar-refractivity contribution in [2.45, 2.75) is 24.3 Å². The fourth-order valence-corrected chi connectivity index (χ4v) is 3.06. The number of benzene rings is 1. The van der Waals surface area contributed by atoms with Crippen molar-refractivity contribution in [1.82, 2.24) is 4.72 Å². The van der Waals surface area contributed by atoms with E-state index >= 15 is 0 Å². The van der Waals surface area contributed by atoms with E-state index in [4.69, 9.17) is 22.4 Å². The van der Waals surface area contributed by atoms with Gasteiger partial charge in [-0.1, -0.05) is 11.6 Å². The number of hydrogen-bond donors (Lipinski definition) is 3. The van der Waals surface area contributed by atoms with Gasteiger partial charge in [0.1, 0.15) is 4.90 Å². The topological polar surface area (TPSA) is 92.4 Å². The van der Waals surface area contributed by atoms with Gasteiger partial charge < -0.3 is 10.8 Å². The molecule has 0 spiro atoms. The van der Waals surface area contributed by atoms with Gasteiger partial charge in [-0.3, -0.25) is 0 Å². The van der Waals surface area contributed by atoms with Crippen molar-refractivity contribution in [3.05, 3.63) is 23.0 Å². The molecule has 0 saturated heterocycles. The molecule has 5 nitrogen and oxygen atoms in total. The van der Waals surface area contributed by atoms with Crippen LogP contribution in [0.1, 0.15) is 13.3 Å². The summed E-state index contributed by atoms with van der Waals surface area (Å²) >= 11 is 5.54. The van der Waals surface area contributed by atoms with Crippen LogP contribution in [0.2, 0.25) is 5.02 Å². The van der Waals surface area contributed by atoms with Crippen molar-refractivity contribution >= 4 is 27.3 Å². The average molecular weight is 297 g/mol. The van der Waals surface area contributed by atoms with Crippen LogP contribution in [0.15, 0.2) is 17.0 Å². The minimum absolute atomic E-state index is 0.0524. The second-order valence-corrected chi connectivity index (χ2v) is 5.94. The first kappa shape index (κ1) is 15.2. The lowest BCUT2D eigenvalue weighted by atomic mass is 10.3. The van der Waals surface area contributed by atoms with Gasteiger partial charge in [-0.25, -0.2) is 17.5 Å². The molecule has 1 aromatic rings. The standard InChI is InChI=1S/C10H14ClFN2O3S/c1-6(2-3-15)14-18(16,17)9-5-7(13)4-8(11)10(9)12/h4-6,14-15H,2-3,13H2,1H3. The molecular weight excluding hydrogens is 283 g/mol. The molecule has 0 heterocycles. The van der Waals surface area contributed by atoms with Crippen LogP contribution in [0.5, 0.6) is 0 Å². The Morgan fingerprint density at radius 3 is 2.72 bits per heavy atom. The molecule has 0 aliphatic rings. The Bertz CT molecular complexity index is 536. The highest BCUT2D eigenvalue weighted by molar-refractivity contribution is 7.89. The molecule has 0 radical (unpaired) electrons. The zero-order valence-electron chi connectivity index (χ0n) is 9.65. The molecule has 1 atom stereocenters. The number of nitrogens with one attached hydrogen (secondary N) is 1. The molecule has 18 heavy (non-hydrogen) atoms. The molecule has 0 aliphatic carbocycles. The summed E-state index contributed by atoms with van der Waals surface area (Å²) in [5, 5.41) is 8.34. The van der Waals surface area contributed by atoms with E-state index in [-0.39, 0.29) is 23.7 Å². The second-order valence-electron chi connectivity index (χ2n) is 3.85. The lowest BCUT2D eigenvalue weighted by molar-refractivity contribution is 0.275. The van der Waals surface area contributed by atoms with Gasteiger partial charge in [-0.05, 0) is 25.5 Å². The number of hydrogen-bond acceptors (Lipinski definition) is 4. The van der Waals surface area contributed by atoms with Gasteiger partial charge in [-0.2, -0.15) is 0 Å². The maximum atomic E-state index is 13.7. The van der Waals surface area contributed by atoms with Crippen LogP contribution >= 0.6 is 11.6 Å². The Hall–Kier alpha value is -0.890. The van der Waals surface area contributed by atoms with E-state index in [0.717, 1.165) is 12.1 Å². The molecule has 4 N–H and O–H groups in total. The monoisotopic (exact) mass is 296 g/mol. The number of aliphatic hydroxyl groups is 1. The first-order valence-corrected chi connectivity index (χ1v) is 7.01. The lowest BCUT2D eigenvalue weighted by Gasteiger charge is -2.14. The Balaban J connectivity index is 3.13. The first-order chi connectivity index (χ1) is 8.27. The van der Waals surface area contributed by atoms with Crippen LogP contribution < -0.4 is 10.5 Å².